The number of benzene rings is 1. The number of aryl methyl sites for hydroxylation is 1. The molecule has 1 spiro atoms. The Morgan fingerprint density at radius 3 is 2.54 bits per heavy atom. The first-order valence-electron chi connectivity index (χ1n) is 11.3. The molecule has 0 saturated carbocycles. The van der Waals surface area contributed by atoms with Crippen LogP contribution in [0.1, 0.15) is 35.2 Å². The molecule has 4 heterocycles. The van der Waals surface area contributed by atoms with Crippen molar-refractivity contribution in [2.75, 3.05) is 11.4 Å². The van der Waals surface area contributed by atoms with Crippen LogP contribution in [0.4, 0.5) is 28.0 Å². The molecule has 37 heavy (non-hydrogen) atoms. The molecule has 3 atom stereocenters. The average molecular weight is 524 g/mol. The van der Waals surface area contributed by atoms with Crippen LogP contribution in [0.5, 0.6) is 0 Å². The third-order valence-electron chi connectivity index (χ3n) is 6.93. The van der Waals surface area contributed by atoms with Crippen LogP contribution in [-0.4, -0.2) is 59.6 Å². The maximum Gasteiger partial charge on any atom is 0.416 e. The first-order chi connectivity index (χ1) is 17.4. The van der Waals surface area contributed by atoms with Crippen LogP contribution < -0.4 is 15.5 Å². The maximum absolute atomic E-state index is 15.5. The Kier molecular flexibility index (Phi) is 5.81. The number of carbonyl (C=O) groups is 4. The molecular formula is C23H20F4N4O6. The number of nitrogens with zero attached hydrogens (tertiary/aromatic N) is 2. The van der Waals surface area contributed by atoms with E-state index in [2.05, 4.69) is 4.98 Å². The Balaban J connectivity index is 1.59. The van der Waals surface area contributed by atoms with Gasteiger partial charge in [-0.05, 0) is 24.6 Å². The van der Waals surface area contributed by atoms with Gasteiger partial charge in [-0.25, -0.2) is 14.2 Å². The third kappa shape index (κ3) is 4.04. The Hall–Kier alpha value is -3.81. The summed E-state index contributed by atoms with van der Waals surface area (Å²) in [5.41, 5.74) is -2.51. The Bertz CT molecular complexity index is 1270. The van der Waals surface area contributed by atoms with Crippen LogP contribution in [0.15, 0.2) is 29.0 Å². The summed E-state index contributed by atoms with van der Waals surface area (Å²) in [5, 5.41) is 3.98. The number of rotatable bonds is 4. The number of nitrogens with one attached hydrogen (secondary N) is 2. The molecule has 3 aliphatic heterocycles. The predicted molar refractivity (Wildman–Crippen MR) is 115 cm³/mol. The van der Waals surface area contributed by atoms with Gasteiger partial charge >= 0.3 is 12.2 Å². The minimum Gasteiger partial charge on any atom is -0.449 e. The number of aromatic nitrogens is 1. The lowest BCUT2D eigenvalue weighted by Gasteiger charge is -2.55. The molecule has 196 valence electrons. The van der Waals surface area contributed by atoms with Gasteiger partial charge in [-0.15, -0.1) is 0 Å². The Labute approximate surface area is 206 Å². The highest BCUT2D eigenvalue weighted by Gasteiger charge is 2.65. The zero-order chi connectivity index (χ0) is 26.7. The van der Waals surface area contributed by atoms with Gasteiger partial charge in [-0.2, -0.15) is 13.2 Å². The number of ketones is 1. The monoisotopic (exact) mass is 524 g/mol. The molecule has 1 unspecified atom stereocenters. The van der Waals surface area contributed by atoms with Crippen molar-refractivity contribution in [1.29, 1.82) is 0 Å². The standard InChI is InChI=1S/C23H20F4N4O6/c1-10-18-22(19(33)29-21(35)30-20(22)34)8-12-6-11(14(32)2-3-16-28-4-5-36-16)7-13(24)17(12)31(18)9-15(37-10)23(25,26)27/h4-7,10,15,18H,2-3,8-9H2,1H3,(H2,29,30,33,34,35)/t10-,15-,18?/m0/s1. The van der Waals surface area contributed by atoms with Gasteiger partial charge in [-0.3, -0.25) is 25.0 Å². The van der Waals surface area contributed by atoms with E-state index in [1.165, 1.54) is 25.5 Å². The van der Waals surface area contributed by atoms with E-state index in [0.717, 1.165) is 11.0 Å². The summed E-state index contributed by atoms with van der Waals surface area (Å²) in [6, 6.07) is -0.280. The molecule has 10 nitrogen and oxygen atoms in total. The fraction of sp³-hybridized carbons (Fsp3) is 0.435. The molecule has 0 aliphatic carbocycles. The first kappa shape index (κ1) is 24.9. The lowest BCUT2D eigenvalue weighted by Crippen LogP contribution is -2.76. The van der Waals surface area contributed by atoms with Crippen molar-refractivity contribution in [1.82, 2.24) is 15.6 Å². The zero-order valence-corrected chi connectivity index (χ0v) is 19.2. The van der Waals surface area contributed by atoms with E-state index in [1.807, 2.05) is 10.6 Å². The summed E-state index contributed by atoms with van der Waals surface area (Å²) in [4.78, 5) is 55.8. The number of hydrogen-bond donors (Lipinski definition) is 2. The number of alkyl halides is 3. The minimum absolute atomic E-state index is 0.0228. The number of hydrogen-bond acceptors (Lipinski definition) is 8. The SMILES string of the molecule is C[C@@H]1O[C@H](C(F)(F)F)CN2c3c(F)cc(C(=O)CCc4ncco4)cc3CC3(C(=O)NC(=O)NC3=O)C12. The number of morpholine rings is 1. The van der Waals surface area contributed by atoms with Crippen LogP contribution in [-0.2, 0) is 27.2 Å². The molecule has 3 aliphatic rings. The number of imide groups is 2. The van der Waals surface area contributed by atoms with Gasteiger partial charge in [0, 0.05) is 24.8 Å². The molecular weight excluding hydrogens is 504 g/mol. The Morgan fingerprint density at radius 2 is 1.92 bits per heavy atom. The van der Waals surface area contributed by atoms with Crippen molar-refractivity contribution >= 4 is 29.3 Å². The largest absolute Gasteiger partial charge is 0.449 e. The molecule has 2 aromatic rings. The van der Waals surface area contributed by atoms with E-state index >= 15 is 4.39 Å². The van der Waals surface area contributed by atoms with Crippen molar-refractivity contribution in [3.8, 4) is 0 Å². The van der Waals surface area contributed by atoms with E-state index < -0.39 is 72.3 Å². The predicted octanol–water partition coefficient (Wildman–Crippen LogP) is 2.06. The van der Waals surface area contributed by atoms with Crippen LogP contribution in [0.25, 0.3) is 0 Å². The number of halogens is 4. The van der Waals surface area contributed by atoms with E-state index in [-0.39, 0.29) is 35.5 Å². The number of ether oxygens (including phenoxy) is 1. The molecule has 0 bridgehead atoms. The van der Waals surface area contributed by atoms with E-state index in [1.54, 1.807) is 0 Å². The number of anilines is 1. The number of urea groups is 1. The van der Waals surface area contributed by atoms with E-state index in [0.29, 0.717) is 0 Å². The second-order valence-corrected chi connectivity index (χ2v) is 9.17. The zero-order valence-electron chi connectivity index (χ0n) is 19.2. The summed E-state index contributed by atoms with van der Waals surface area (Å²) in [6.07, 6.45) is -6.24. The topological polar surface area (TPSA) is 131 Å². The number of amides is 4. The Morgan fingerprint density at radius 1 is 1.22 bits per heavy atom. The van der Waals surface area contributed by atoms with Gasteiger partial charge in [0.2, 0.25) is 11.8 Å². The molecule has 14 heteroatoms. The fourth-order valence-electron chi connectivity index (χ4n) is 5.41. The summed E-state index contributed by atoms with van der Waals surface area (Å²) < 4.78 is 66.7. The summed E-state index contributed by atoms with van der Waals surface area (Å²) in [6.45, 7) is 0.341. The lowest BCUT2D eigenvalue weighted by molar-refractivity contribution is -0.242. The highest BCUT2D eigenvalue weighted by Crippen LogP contribution is 2.49. The molecule has 2 saturated heterocycles. The summed E-state index contributed by atoms with van der Waals surface area (Å²) >= 11 is 0. The van der Waals surface area contributed by atoms with Gasteiger partial charge in [0.1, 0.15) is 12.1 Å². The average Bonchev–Trinajstić information content (AvgIpc) is 3.33. The van der Waals surface area contributed by atoms with Crippen LogP contribution in [0.3, 0.4) is 0 Å². The second-order valence-electron chi connectivity index (χ2n) is 9.17. The van der Waals surface area contributed by atoms with Gasteiger partial charge in [-0.1, -0.05) is 0 Å². The quantitative estimate of drug-likeness (QED) is 0.353. The lowest BCUT2D eigenvalue weighted by atomic mass is 9.66. The molecule has 2 N–H and O–H groups in total. The number of fused-ring (bicyclic) bond motifs is 4. The van der Waals surface area contributed by atoms with Crippen molar-refractivity contribution in [3.63, 3.8) is 0 Å². The number of oxazole rings is 1. The molecule has 1 aromatic carbocycles. The number of carbonyl (C=O) groups excluding carboxylic acids is 4. The highest BCUT2D eigenvalue weighted by atomic mass is 19.4. The van der Waals surface area contributed by atoms with Crippen LogP contribution in [0.2, 0.25) is 0 Å². The van der Waals surface area contributed by atoms with Crippen molar-refractivity contribution in [2.24, 2.45) is 5.41 Å². The van der Waals surface area contributed by atoms with E-state index in [9.17, 15) is 32.3 Å². The smallest absolute Gasteiger partial charge is 0.416 e. The van der Waals surface area contributed by atoms with Crippen LogP contribution >= 0.6 is 0 Å². The molecule has 0 radical (unpaired) electrons. The molecule has 2 fully saturated rings. The maximum atomic E-state index is 15.5. The molecule has 5 rings (SSSR count). The van der Waals surface area contributed by atoms with Gasteiger partial charge in [0.25, 0.3) is 0 Å². The minimum atomic E-state index is -4.82. The summed E-state index contributed by atoms with van der Waals surface area (Å²) in [5.74, 6) is -3.31. The van der Waals surface area contributed by atoms with Gasteiger partial charge in [0.05, 0.1) is 30.6 Å². The van der Waals surface area contributed by atoms with E-state index in [4.69, 9.17) is 9.15 Å². The second kappa shape index (κ2) is 8.64. The first-order valence-corrected chi connectivity index (χ1v) is 11.3. The molecule has 4 amide bonds. The van der Waals surface area contributed by atoms with Crippen molar-refractivity contribution in [3.05, 3.63) is 47.4 Å². The fourth-order valence-corrected chi connectivity index (χ4v) is 5.41. The normalized spacial score (nSPS) is 24.8. The van der Waals surface area contributed by atoms with Crippen molar-refractivity contribution in [2.45, 2.75) is 50.6 Å². The van der Waals surface area contributed by atoms with Crippen molar-refractivity contribution < 1.29 is 45.9 Å². The van der Waals surface area contributed by atoms with Gasteiger partial charge < -0.3 is 14.1 Å². The van der Waals surface area contributed by atoms with Crippen LogP contribution in [0, 0.1) is 11.2 Å². The number of Topliss-reactive ketones (excluding diaryl/α,β-unsaturated/α-hetero) is 1. The van der Waals surface area contributed by atoms with Gasteiger partial charge in [0.15, 0.2) is 23.2 Å². The highest BCUT2D eigenvalue weighted by molar-refractivity contribution is 6.20. The number of barbiturate groups is 1. The third-order valence-corrected chi connectivity index (χ3v) is 6.93. The molecule has 1 aromatic heterocycles. The summed E-state index contributed by atoms with van der Waals surface area (Å²) in [7, 11) is 0.